The van der Waals surface area contributed by atoms with E-state index in [9.17, 15) is 14.4 Å². The highest BCUT2D eigenvalue weighted by atomic mass is 16.5. The highest BCUT2D eigenvalue weighted by molar-refractivity contribution is 5.86. The zero-order valence-corrected chi connectivity index (χ0v) is 17.4. The van der Waals surface area contributed by atoms with E-state index >= 15 is 0 Å². The van der Waals surface area contributed by atoms with Crippen LogP contribution in [0, 0.1) is 0 Å². The van der Waals surface area contributed by atoms with E-state index in [1.165, 1.54) is 0 Å². The van der Waals surface area contributed by atoms with Gasteiger partial charge in [0.1, 0.15) is 12.6 Å². The van der Waals surface area contributed by atoms with Crippen LogP contribution in [0.5, 0.6) is 0 Å². The highest BCUT2D eigenvalue weighted by Gasteiger charge is 2.34. The second-order valence-corrected chi connectivity index (χ2v) is 8.12. The number of carboxylic acids is 1. The van der Waals surface area contributed by atoms with E-state index in [0.29, 0.717) is 13.0 Å². The molecule has 162 valence electrons. The van der Waals surface area contributed by atoms with Gasteiger partial charge in [0.25, 0.3) is 0 Å². The van der Waals surface area contributed by atoms with E-state index in [0.717, 1.165) is 28.7 Å². The number of fused-ring (bicyclic) bond motifs is 3. The Morgan fingerprint density at radius 1 is 1.10 bits per heavy atom. The summed E-state index contributed by atoms with van der Waals surface area (Å²) in [5.41, 5.74) is 4.53. The number of carbonyl (C=O) groups is 3. The molecule has 7 nitrogen and oxygen atoms in total. The van der Waals surface area contributed by atoms with Crippen LogP contribution < -0.4 is 5.32 Å². The monoisotopic (exact) mass is 422 g/mol. The van der Waals surface area contributed by atoms with Gasteiger partial charge in [0, 0.05) is 18.5 Å². The van der Waals surface area contributed by atoms with E-state index in [2.05, 4.69) is 17.4 Å². The number of alkyl carbamates (subject to hydrolysis) is 1. The minimum Gasteiger partial charge on any atom is -0.481 e. The van der Waals surface area contributed by atoms with Crippen LogP contribution in [0.4, 0.5) is 4.79 Å². The molecule has 2 atom stereocenters. The molecule has 0 radical (unpaired) electrons. The van der Waals surface area contributed by atoms with Crippen molar-refractivity contribution in [3.05, 3.63) is 59.7 Å². The third-order valence-electron chi connectivity index (χ3n) is 6.12. The van der Waals surface area contributed by atoms with Gasteiger partial charge < -0.3 is 20.1 Å². The summed E-state index contributed by atoms with van der Waals surface area (Å²) in [5, 5.41) is 11.6. The Morgan fingerprint density at radius 3 is 2.32 bits per heavy atom. The van der Waals surface area contributed by atoms with Gasteiger partial charge in [0.2, 0.25) is 5.91 Å². The molecule has 31 heavy (non-hydrogen) atoms. The van der Waals surface area contributed by atoms with Crippen molar-refractivity contribution in [2.45, 2.75) is 44.2 Å². The number of likely N-dealkylation sites (tertiary alicyclic amines) is 1. The predicted octanol–water partition coefficient (Wildman–Crippen LogP) is 3.38. The molecule has 4 rings (SSSR count). The Kier molecular flexibility index (Phi) is 5.93. The maximum atomic E-state index is 12.7. The largest absolute Gasteiger partial charge is 0.481 e. The summed E-state index contributed by atoms with van der Waals surface area (Å²) < 4.78 is 5.50. The highest BCUT2D eigenvalue weighted by Crippen LogP contribution is 2.44. The number of benzene rings is 2. The van der Waals surface area contributed by atoms with Crippen LogP contribution in [0.25, 0.3) is 11.1 Å². The number of carboxylic acid groups (broad SMARTS) is 1. The van der Waals surface area contributed by atoms with Crippen LogP contribution in [0.15, 0.2) is 48.5 Å². The van der Waals surface area contributed by atoms with E-state index < -0.39 is 18.1 Å². The standard InChI is InChI=1S/C24H26N2O5/c1-15(23(29)26-12-6-7-16(26)13-22(27)28)25-24(30)31-14-21-19-10-4-2-8-17(19)18-9-3-5-11-20(18)21/h2-5,8-11,15-16,21H,6-7,12-14H2,1H3,(H,25,30)(H,27,28)/t15-,16?/m1/s1. The lowest BCUT2D eigenvalue weighted by Gasteiger charge is -2.27. The van der Waals surface area contributed by atoms with Crippen LogP contribution in [-0.4, -0.2) is 53.2 Å². The summed E-state index contributed by atoms with van der Waals surface area (Å²) in [4.78, 5) is 37.7. The smallest absolute Gasteiger partial charge is 0.407 e. The lowest BCUT2D eigenvalue weighted by Crippen LogP contribution is -2.49. The molecule has 0 spiro atoms. The second-order valence-electron chi connectivity index (χ2n) is 8.12. The molecular weight excluding hydrogens is 396 g/mol. The molecule has 1 saturated heterocycles. The summed E-state index contributed by atoms with van der Waals surface area (Å²) in [6.45, 7) is 2.28. The number of carbonyl (C=O) groups excluding carboxylic acids is 2. The molecule has 1 heterocycles. The molecule has 0 saturated carbocycles. The average Bonchev–Trinajstić information content (AvgIpc) is 3.33. The zero-order chi connectivity index (χ0) is 22.0. The molecule has 1 unspecified atom stereocenters. The van der Waals surface area contributed by atoms with Crippen LogP contribution in [0.1, 0.15) is 43.2 Å². The maximum absolute atomic E-state index is 12.7. The van der Waals surface area contributed by atoms with Gasteiger partial charge in [-0.15, -0.1) is 0 Å². The van der Waals surface area contributed by atoms with Crippen molar-refractivity contribution in [3.63, 3.8) is 0 Å². The maximum Gasteiger partial charge on any atom is 0.407 e. The third-order valence-corrected chi connectivity index (χ3v) is 6.12. The van der Waals surface area contributed by atoms with Gasteiger partial charge in [-0.3, -0.25) is 9.59 Å². The van der Waals surface area contributed by atoms with Crippen LogP contribution in [0.3, 0.4) is 0 Å². The first-order chi connectivity index (χ1) is 15.0. The molecule has 2 aromatic carbocycles. The predicted molar refractivity (Wildman–Crippen MR) is 115 cm³/mol. The second kappa shape index (κ2) is 8.79. The molecule has 2 aromatic rings. The van der Waals surface area contributed by atoms with Gasteiger partial charge in [0.15, 0.2) is 0 Å². The van der Waals surface area contributed by atoms with E-state index in [-0.39, 0.29) is 30.9 Å². The summed E-state index contributed by atoms with van der Waals surface area (Å²) in [6, 6.07) is 15.1. The van der Waals surface area contributed by atoms with Crippen molar-refractivity contribution in [2.75, 3.05) is 13.2 Å². The number of nitrogens with one attached hydrogen (secondary N) is 1. The van der Waals surface area contributed by atoms with E-state index in [1.807, 2.05) is 36.4 Å². The van der Waals surface area contributed by atoms with Crippen molar-refractivity contribution in [1.29, 1.82) is 0 Å². The van der Waals surface area contributed by atoms with Crippen molar-refractivity contribution in [1.82, 2.24) is 10.2 Å². The van der Waals surface area contributed by atoms with Crippen LogP contribution in [0.2, 0.25) is 0 Å². The zero-order valence-electron chi connectivity index (χ0n) is 17.4. The molecule has 2 aliphatic rings. The SMILES string of the molecule is C[C@@H](NC(=O)OCC1c2ccccc2-c2ccccc21)C(=O)N1CCCC1CC(=O)O. The van der Waals surface area contributed by atoms with Gasteiger partial charge in [-0.1, -0.05) is 48.5 Å². The summed E-state index contributed by atoms with van der Waals surface area (Å²) >= 11 is 0. The first-order valence-corrected chi connectivity index (χ1v) is 10.6. The number of hydrogen-bond acceptors (Lipinski definition) is 4. The van der Waals surface area contributed by atoms with E-state index in [1.54, 1.807) is 11.8 Å². The van der Waals surface area contributed by atoms with Gasteiger partial charge in [-0.2, -0.15) is 0 Å². The molecule has 2 amide bonds. The van der Waals surface area contributed by atoms with Crippen LogP contribution >= 0.6 is 0 Å². The van der Waals surface area contributed by atoms with Crippen molar-refractivity contribution in [3.8, 4) is 11.1 Å². The van der Waals surface area contributed by atoms with Crippen molar-refractivity contribution in [2.24, 2.45) is 0 Å². The van der Waals surface area contributed by atoms with Gasteiger partial charge in [0.05, 0.1) is 6.42 Å². The minimum absolute atomic E-state index is 0.0531. The molecule has 1 aliphatic carbocycles. The Hall–Kier alpha value is -3.35. The number of nitrogens with zero attached hydrogens (tertiary/aromatic N) is 1. The minimum atomic E-state index is -0.929. The molecule has 0 aromatic heterocycles. The fourth-order valence-electron chi connectivity index (χ4n) is 4.67. The Bertz CT molecular complexity index is 959. The lowest BCUT2D eigenvalue weighted by molar-refractivity contribution is -0.140. The Balaban J connectivity index is 1.36. The number of hydrogen-bond donors (Lipinski definition) is 2. The fraction of sp³-hybridized carbons (Fsp3) is 0.375. The first kappa shape index (κ1) is 20.9. The van der Waals surface area contributed by atoms with Gasteiger partial charge in [-0.05, 0) is 42.0 Å². The van der Waals surface area contributed by atoms with Crippen molar-refractivity contribution < 1.29 is 24.2 Å². The molecule has 2 N–H and O–H groups in total. The van der Waals surface area contributed by atoms with Crippen molar-refractivity contribution >= 4 is 18.0 Å². The topological polar surface area (TPSA) is 95.9 Å². The number of ether oxygens (including phenoxy) is 1. The number of aliphatic carboxylic acids is 1. The Labute approximate surface area is 181 Å². The normalized spacial score (nSPS) is 18.2. The summed E-state index contributed by atoms with van der Waals surface area (Å²) in [7, 11) is 0. The van der Waals surface area contributed by atoms with Gasteiger partial charge in [-0.25, -0.2) is 4.79 Å². The fourth-order valence-corrected chi connectivity index (χ4v) is 4.67. The summed E-state index contributed by atoms with van der Waals surface area (Å²) in [5.74, 6) is -1.26. The number of amides is 2. The first-order valence-electron chi connectivity index (χ1n) is 10.6. The number of rotatable bonds is 6. The summed E-state index contributed by atoms with van der Waals surface area (Å²) in [6.07, 6.45) is 0.692. The Morgan fingerprint density at radius 2 is 1.71 bits per heavy atom. The van der Waals surface area contributed by atoms with Gasteiger partial charge >= 0.3 is 12.1 Å². The molecule has 0 bridgehead atoms. The molecule has 1 aliphatic heterocycles. The van der Waals surface area contributed by atoms with Crippen LogP contribution in [-0.2, 0) is 14.3 Å². The average molecular weight is 422 g/mol. The quantitative estimate of drug-likeness (QED) is 0.744. The molecule has 1 fully saturated rings. The molecular formula is C24H26N2O5. The third kappa shape index (κ3) is 4.26. The van der Waals surface area contributed by atoms with E-state index in [4.69, 9.17) is 9.84 Å². The lowest BCUT2D eigenvalue weighted by atomic mass is 9.98. The molecule has 7 heteroatoms.